The largest absolute Gasteiger partial charge is 0.268 e. The molecule has 0 aliphatic carbocycles. The van der Waals surface area contributed by atoms with Crippen LogP contribution in [0.5, 0.6) is 0 Å². The molecule has 0 radical (unpaired) electrons. The van der Waals surface area contributed by atoms with Gasteiger partial charge in [0.05, 0.1) is 5.69 Å². The van der Waals surface area contributed by atoms with E-state index < -0.39 is 23.4 Å². The van der Waals surface area contributed by atoms with Crippen molar-refractivity contribution in [3.05, 3.63) is 101 Å². The highest BCUT2D eigenvalue weighted by Crippen LogP contribution is 2.34. The van der Waals surface area contributed by atoms with Gasteiger partial charge in [-0.05, 0) is 48.4 Å². The number of hydrogen-bond acceptors (Lipinski definition) is 2. The third-order valence-corrected chi connectivity index (χ3v) is 4.70. The Morgan fingerprint density at radius 3 is 2.21 bits per heavy atom. The molecule has 3 aromatic carbocycles. The number of halogens is 2. The van der Waals surface area contributed by atoms with Gasteiger partial charge in [0.15, 0.2) is 0 Å². The first-order valence-corrected chi connectivity index (χ1v) is 8.68. The molecule has 0 aromatic heterocycles. The van der Waals surface area contributed by atoms with E-state index in [2.05, 4.69) is 0 Å². The number of amides is 2. The molecule has 0 N–H and O–H groups in total. The van der Waals surface area contributed by atoms with Crippen LogP contribution in [0.25, 0.3) is 11.6 Å². The third kappa shape index (κ3) is 2.91. The molecule has 1 aliphatic heterocycles. The summed E-state index contributed by atoms with van der Waals surface area (Å²) in [5, 5.41) is 0. The van der Waals surface area contributed by atoms with Crippen molar-refractivity contribution < 1.29 is 18.4 Å². The average molecular weight is 375 g/mol. The monoisotopic (exact) mass is 375 g/mol. The maximum Gasteiger partial charge on any atom is 0.265 e. The van der Waals surface area contributed by atoms with Crippen LogP contribution in [0.3, 0.4) is 0 Å². The molecular formula is C23H15F2NO2. The van der Waals surface area contributed by atoms with E-state index in [-0.39, 0.29) is 11.1 Å². The molecule has 28 heavy (non-hydrogen) atoms. The molecule has 0 saturated carbocycles. The zero-order chi connectivity index (χ0) is 19.8. The minimum atomic E-state index is -0.780. The number of rotatable bonds is 2. The standard InChI is InChI=1S/C23H15F2NO2/c1-14-6-2-5-9-21(14)26-22(27)18-8-4-3-7-17(18)19(23(26)28)12-15-10-11-16(24)13-20(15)25/h2-13H,1H3/b19-12-. The Labute approximate surface area is 160 Å². The lowest BCUT2D eigenvalue weighted by Gasteiger charge is -2.29. The molecule has 0 bridgehead atoms. The summed E-state index contributed by atoms with van der Waals surface area (Å²) in [5.74, 6) is -2.47. The smallest absolute Gasteiger partial charge is 0.265 e. The number of para-hydroxylation sites is 1. The van der Waals surface area contributed by atoms with E-state index in [1.807, 2.05) is 6.07 Å². The molecule has 1 heterocycles. The average Bonchev–Trinajstić information content (AvgIpc) is 2.68. The number of carbonyl (C=O) groups excluding carboxylic acids is 2. The molecule has 3 nitrogen and oxygen atoms in total. The fraction of sp³-hybridized carbons (Fsp3) is 0.0435. The lowest BCUT2D eigenvalue weighted by molar-refractivity contribution is -0.112. The molecule has 2 amide bonds. The van der Waals surface area contributed by atoms with Crippen LogP contribution in [0.15, 0.2) is 66.7 Å². The maximum absolute atomic E-state index is 14.2. The Morgan fingerprint density at radius 2 is 1.50 bits per heavy atom. The Balaban J connectivity index is 1.94. The van der Waals surface area contributed by atoms with E-state index in [4.69, 9.17) is 0 Å². The highest BCUT2D eigenvalue weighted by Gasteiger charge is 2.36. The lowest BCUT2D eigenvalue weighted by Crippen LogP contribution is -2.42. The summed E-state index contributed by atoms with van der Waals surface area (Å²) in [4.78, 5) is 27.4. The zero-order valence-corrected chi connectivity index (χ0v) is 14.9. The van der Waals surface area contributed by atoms with Crippen LogP contribution in [-0.4, -0.2) is 11.8 Å². The Bertz CT molecular complexity index is 1150. The summed E-state index contributed by atoms with van der Waals surface area (Å²) in [6.07, 6.45) is 1.35. The van der Waals surface area contributed by atoms with E-state index in [1.165, 1.54) is 12.1 Å². The van der Waals surface area contributed by atoms with Crippen LogP contribution in [0.4, 0.5) is 14.5 Å². The van der Waals surface area contributed by atoms with Gasteiger partial charge in [0.1, 0.15) is 11.6 Å². The second-order valence-electron chi connectivity index (χ2n) is 6.50. The third-order valence-electron chi connectivity index (χ3n) is 4.70. The van der Waals surface area contributed by atoms with Crippen molar-refractivity contribution in [2.75, 3.05) is 4.90 Å². The molecule has 138 valence electrons. The Hall–Kier alpha value is -3.60. The normalized spacial score (nSPS) is 15.1. The summed E-state index contributed by atoms with van der Waals surface area (Å²) in [6.45, 7) is 1.80. The van der Waals surface area contributed by atoms with Crippen LogP contribution in [0.1, 0.15) is 27.0 Å². The van der Waals surface area contributed by atoms with Gasteiger partial charge in [0, 0.05) is 22.8 Å². The molecule has 0 atom stereocenters. The van der Waals surface area contributed by atoms with Crippen molar-refractivity contribution in [1.82, 2.24) is 0 Å². The number of benzene rings is 3. The zero-order valence-electron chi connectivity index (χ0n) is 14.9. The van der Waals surface area contributed by atoms with E-state index in [0.717, 1.165) is 22.6 Å². The topological polar surface area (TPSA) is 37.4 Å². The van der Waals surface area contributed by atoms with Crippen LogP contribution >= 0.6 is 0 Å². The molecule has 5 heteroatoms. The van der Waals surface area contributed by atoms with Gasteiger partial charge in [-0.25, -0.2) is 13.7 Å². The van der Waals surface area contributed by atoms with Crippen LogP contribution in [0, 0.1) is 18.6 Å². The van der Waals surface area contributed by atoms with Crippen molar-refractivity contribution in [3.63, 3.8) is 0 Å². The van der Waals surface area contributed by atoms with Gasteiger partial charge in [0.2, 0.25) is 0 Å². The number of imide groups is 1. The predicted octanol–water partition coefficient (Wildman–Crippen LogP) is 5.00. The molecule has 0 saturated heterocycles. The van der Waals surface area contributed by atoms with Gasteiger partial charge in [-0.3, -0.25) is 9.59 Å². The van der Waals surface area contributed by atoms with Crippen molar-refractivity contribution in [1.29, 1.82) is 0 Å². The van der Waals surface area contributed by atoms with E-state index >= 15 is 0 Å². The van der Waals surface area contributed by atoms with Crippen LogP contribution in [0.2, 0.25) is 0 Å². The molecule has 0 spiro atoms. The Kier molecular flexibility index (Phi) is 4.35. The van der Waals surface area contributed by atoms with Gasteiger partial charge in [0.25, 0.3) is 11.8 Å². The molecule has 0 fully saturated rings. The number of aryl methyl sites for hydroxylation is 1. The quantitative estimate of drug-likeness (QED) is 0.467. The first kappa shape index (κ1) is 17.8. The summed E-state index contributed by atoms with van der Waals surface area (Å²) in [5.41, 5.74) is 2.24. The molecule has 4 rings (SSSR count). The summed E-state index contributed by atoms with van der Waals surface area (Å²) < 4.78 is 27.4. The van der Waals surface area contributed by atoms with Gasteiger partial charge in [-0.15, -0.1) is 0 Å². The second kappa shape index (κ2) is 6.85. The van der Waals surface area contributed by atoms with Gasteiger partial charge >= 0.3 is 0 Å². The minimum absolute atomic E-state index is 0.0682. The first-order chi connectivity index (χ1) is 13.5. The van der Waals surface area contributed by atoms with Crippen molar-refractivity contribution >= 4 is 29.2 Å². The summed E-state index contributed by atoms with van der Waals surface area (Å²) >= 11 is 0. The summed E-state index contributed by atoms with van der Waals surface area (Å²) in [6, 6.07) is 16.9. The van der Waals surface area contributed by atoms with Gasteiger partial charge < -0.3 is 0 Å². The number of carbonyl (C=O) groups is 2. The summed E-state index contributed by atoms with van der Waals surface area (Å²) in [7, 11) is 0. The van der Waals surface area contributed by atoms with Gasteiger partial charge in [-0.1, -0.05) is 36.4 Å². The van der Waals surface area contributed by atoms with Crippen molar-refractivity contribution in [2.45, 2.75) is 6.92 Å². The first-order valence-electron chi connectivity index (χ1n) is 8.68. The highest BCUT2D eigenvalue weighted by atomic mass is 19.1. The molecular weight excluding hydrogens is 360 g/mol. The number of fused-ring (bicyclic) bond motifs is 1. The fourth-order valence-electron chi connectivity index (χ4n) is 3.30. The van der Waals surface area contributed by atoms with Crippen LogP contribution in [-0.2, 0) is 4.79 Å². The molecule has 3 aromatic rings. The maximum atomic E-state index is 14.2. The number of hydrogen-bond donors (Lipinski definition) is 0. The van der Waals surface area contributed by atoms with E-state index in [9.17, 15) is 18.4 Å². The predicted molar refractivity (Wildman–Crippen MR) is 104 cm³/mol. The minimum Gasteiger partial charge on any atom is -0.268 e. The fourth-order valence-corrected chi connectivity index (χ4v) is 3.30. The molecule has 0 unspecified atom stereocenters. The Morgan fingerprint density at radius 1 is 0.821 bits per heavy atom. The highest BCUT2D eigenvalue weighted by molar-refractivity contribution is 6.43. The number of nitrogens with zero attached hydrogens (tertiary/aromatic N) is 1. The lowest BCUT2D eigenvalue weighted by atomic mass is 9.91. The number of anilines is 1. The SMILES string of the molecule is Cc1ccccc1N1C(=O)/C(=C\c2ccc(F)cc2F)c2ccccc2C1=O. The van der Waals surface area contributed by atoms with Gasteiger partial charge in [-0.2, -0.15) is 0 Å². The molecule has 1 aliphatic rings. The van der Waals surface area contributed by atoms with E-state index in [1.54, 1.807) is 49.4 Å². The van der Waals surface area contributed by atoms with E-state index in [0.29, 0.717) is 16.8 Å². The van der Waals surface area contributed by atoms with Crippen molar-refractivity contribution in [2.24, 2.45) is 0 Å². The second-order valence-corrected chi connectivity index (χ2v) is 6.50. The van der Waals surface area contributed by atoms with Crippen LogP contribution < -0.4 is 4.90 Å². The van der Waals surface area contributed by atoms with Crippen molar-refractivity contribution in [3.8, 4) is 0 Å².